The van der Waals surface area contributed by atoms with E-state index in [1.54, 1.807) is 24.3 Å². The van der Waals surface area contributed by atoms with Gasteiger partial charge in [0.2, 0.25) is 5.91 Å². The fourth-order valence-electron chi connectivity index (χ4n) is 2.41. The number of aliphatic hydroxyl groups excluding tert-OH is 1. The van der Waals surface area contributed by atoms with E-state index in [4.69, 9.17) is 16.3 Å². The molecule has 0 atom stereocenters. The van der Waals surface area contributed by atoms with E-state index in [1.807, 2.05) is 0 Å². The number of carbonyl (C=O) groups excluding carboxylic acids is 2. The number of halogens is 1. The summed E-state index contributed by atoms with van der Waals surface area (Å²) in [5.41, 5.74) is 0. The maximum absolute atomic E-state index is 11.8. The molecule has 126 valence electrons. The second kappa shape index (κ2) is 8.74. The standard InChI is InChI=1S/C16H21ClN2O4/c17-11-1-7-14(8-2-11)23-10-16(22)18-9-15(21)19-12-3-5-13(20)6-4-12/h1-2,7-8,12-13,20H,3-6,9-10H2,(H,18,22)(H,19,21). The lowest BCUT2D eigenvalue weighted by atomic mass is 9.93. The molecule has 1 fully saturated rings. The summed E-state index contributed by atoms with van der Waals surface area (Å²) in [5.74, 6) is -0.0600. The van der Waals surface area contributed by atoms with Crippen LogP contribution < -0.4 is 15.4 Å². The molecule has 1 aromatic rings. The average molecular weight is 341 g/mol. The van der Waals surface area contributed by atoms with Gasteiger partial charge in [0.25, 0.3) is 5.91 Å². The molecule has 1 aliphatic carbocycles. The van der Waals surface area contributed by atoms with Gasteiger partial charge in [0, 0.05) is 11.1 Å². The van der Waals surface area contributed by atoms with Crippen LogP contribution in [0.5, 0.6) is 5.75 Å². The van der Waals surface area contributed by atoms with Gasteiger partial charge in [-0.25, -0.2) is 0 Å². The number of carbonyl (C=O) groups is 2. The summed E-state index contributed by atoms with van der Waals surface area (Å²) >= 11 is 5.75. The highest BCUT2D eigenvalue weighted by Crippen LogP contribution is 2.18. The van der Waals surface area contributed by atoms with Crippen molar-refractivity contribution < 1.29 is 19.4 Å². The van der Waals surface area contributed by atoms with E-state index in [2.05, 4.69) is 10.6 Å². The zero-order valence-corrected chi connectivity index (χ0v) is 13.5. The van der Waals surface area contributed by atoms with Gasteiger partial charge in [-0.2, -0.15) is 0 Å². The van der Waals surface area contributed by atoms with Crippen molar-refractivity contribution in [3.05, 3.63) is 29.3 Å². The average Bonchev–Trinajstić information content (AvgIpc) is 2.54. The minimum absolute atomic E-state index is 0.0770. The van der Waals surface area contributed by atoms with Crippen LogP contribution in [0.1, 0.15) is 25.7 Å². The van der Waals surface area contributed by atoms with Crippen LogP contribution in [-0.4, -0.2) is 42.2 Å². The van der Waals surface area contributed by atoms with Crippen LogP contribution >= 0.6 is 11.6 Å². The molecule has 1 saturated carbocycles. The number of benzene rings is 1. The Morgan fingerprint density at radius 2 is 1.78 bits per heavy atom. The van der Waals surface area contributed by atoms with Crippen molar-refractivity contribution in [2.75, 3.05) is 13.2 Å². The lowest BCUT2D eigenvalue weighted by molar-refractivity contribution is -0.127. The van der Waals surface area contributed by atoms with Gasteiger partial charge in [0.05, 0.1) is 12.6 Å². The van der Waals surface area contributed by atoms with E-state index in [0.29, 0.717) is 23.6 Å². The maximum atomic E-state index is 11.8. The van der Waals surface area contributed by atoms with Crippen molar-refractivity contribution in [1.29, 1.82) is 0 Å². The SMILES string of the molecule is O=C(COc1ccc(Cl)cc1)NCC(=O)NC1CCC(O)CC1. The van der Waals surface area contributed by atoms with Gasteiger partial charge < -0.3 is 20.5 Å². The zero-order valence-electron chi connectivity index (χ0n) is 12.8. The van der Waals surface area contributed by atoms with Gasteiger partial charge >= 0.3 is 0 Å². The van der Waals surface area contributed by atoms with E-state index in [1.165, 1.54) is 0 Å². The van der Waals surface area contributed by atoms with Crippen LogP contribution in [-0.2, 0) is 9.59 Å². The number of nitrogens with one attached hydrogen (secondary N) is 2. The Morgan fingerprint density at radius 3 is 2.43 bits per heavy atom. The van der Waals surface area contributed by atoms with Crippen LogP contribution in [0.15, 0.2) is 24.3 Å². The molecule has 0 bridgehead atoms. The number of rotatable bonds is 6. The summed E-state index contributed by atoms with van der Waals surface area (Å²) in [6.45, 7) is -0.244. The van der Waals surface area contributed by atoms with Crippen LogP contribution in [0.2, 0.25) is 5.02 Å². The Hall–Kier alpha value is -1.79. The van der Waals surface area contributed by atoms with Gasteiger partial charge in [0.15, 0.2) is 6.61 Å². The third kappa shape index (κ3) is 6.46. The highest BCUT2D eigenvalue weighted by molar-refractivity contribution is 6.30. The fraction of sp³-hybridized carbons (Fsp3) is 0.500. The van der Waals surface area contributed by atoms with Crippen molar-refractivity contribution in [1.82, 2.24) is 10.6 Å². The minimum atomic E-state index is -0.367. The number of hydrogen-bond donors (Lipinski definition) is 3. The normalized spacial score (nSPS) is 20.6. The minimum Gasteiger partial charge on any atom is -0.484 e. The fourth-order valence-corrected chi connectivity index (χ4v) is 2.53. The molecule has 0 spiro atoms. The third-order valence-electron chi connectivity index (χ3n) is 3.69. The van der Waals surface area contributed by atoms with E-state index in [-0.39, 0.29) is 37.1 Å². The molecule has 1 aromatic carbocycles. The molecule has 7 heteroatoms. The Kier molecular flexibility index (Phi) is 6.67. The lowest BCUT2D eigenvalue weighted by Crippen LogP contribution is -2.44. The highest BCUT2D eigenvalue weighted by Gasteiger charge is 2.20. The number of hydrogen-bond acceptors (Lipinski definition) is 4. The first-order valence-corrected chi connectivity index (χ1v) is 8.03. The van der Waals surface area contributed by atoms with Crippen molar-refractivity contribution in [3.8, 4) is 5.75 Å². The van der Waals surface area contributed by atoms with Gasteiger partial charge in [0.1, 0.15) is 5.75 Å². The summed E-state index contributed by atoms with van der Waals surface area (Å²) in [7, 11) is 0. The third-order valence-corrected chi connectivity index (χ3v) is 3.94. The molecule has 0 heterocycles. The van der Waals surface area contributed by atoms with Crippen LogP contribution in [0.25, 0.3) is 0 Å². The van der Waals surface area contributed by atoms with E-state index < -0.39 is 0 Å². The molecule has 0 radical (unpaired) electrons. The van der Waals surface area contributed by atoms with Gasteiger partial charge in [-0.1, -0.05) is 11.6 Å². The summed E-state index contributed by atoms with van der Waals surface area (Å²) < 4.78 is 5.29. The topological polar surface area (TPSA) is 87.7 Å². The number of amides is 2. The zero-order chi connectivity index (χ0) is 16.7. The predicted octanol–water partition coefficient (Wildman–Crippen LogP) is 1.25. The molecule has 23 heavy (non-hydrogen) atoms. The molecule has 1 aliphatic rings. The van der Waals surface area contributed by atoms with E-state index in [9.17, 15) is 14.7 Å². The Bertz CT molecular complexity index is 527. The molecule has 0 aliphatic heterocycles. The first-order chi connectivity index (χ1) is 11.0. The molecule has 3 N–H and O–H groups in total. The molecule has 0 saturated heterocycles. The first kappa shape index (κ1) is 17.6. The van der Waals surface area contributed by atoms with Crippen molar-refractivity contribution >= 4 is 23.4 Å². The van der Waals surface area contributed by atoms with Crippen LogP contribution in [0.3, 0.4) is 0 Å². The first-order valence-electron chi connectivity index (χ1n) is 7.65. The maximum Gasteiger partial charge on any atom is 0.258 e. The molecule has 0 unspecified atom stereocenters. The largest absolute Gasteiger partial charge is 0.484 e. The van der Waals surface area contributed by atoms with Crippen molar-refractivity contribution in [2.45, 2.75) is 37.8 Å². The highest BCUT2D eigenvalue weighted by atomic mass is 35.5. The van der Waals surface area contributed by atoms with E-state index in [0.717, 1.165) is 12.8 Å². The Morgan fingerprint density at radius 1 is 1.13 bits per heavy atom. The Balaban J connectivity index is 1.61. The Labute approximate surface area is 140 Å². The quantitative estimate of drug-likeness (QED) is 0.727. The number of aliphatic hydroxyl groups is 1. The summed E-state index contributed by atoms with van der Waals surface area (Å²) in [6, 6.07) is 6.75. The second-order valence-corrected chi connectivity index (χ2v) is 6.03. The monoisotopic (exact) mass is 340 g/mol. The number of ether oxygens (including phenoxy) is 1. The second-order valence-electron chi connectivity index (χ2n) is 5.59. The summed E-state index contributed by atoms with van der Waals surface area (Å²) in [6.07, 6.45) is 2.67. The van der Waals surface area contributed by atoms with Gasteiger partial charge in [-0.15, -0.1) is 0 Å². The van der Waals surface area contributed by atoms with Gasteiger partial charge in [-0.05, 0) is 49.9 Å². The molecule has 2 amide bonds. The molecular formula is C16H21ClN2O4. The van der Waals surface area contributed by atoms with Crippen LogP contribution in [0, 0.1) is 0 Å². The molecule has 0 aromatic heterocycles. The van der Waals surface area contributed by atoms with E-state index >= 15 is 0 Å². The predicted molar refractivity (Wildman–Crippen MR) is 86.4 cm³/mol. The molecule has 2 rings (SSSR count). The van der Waals surface area contributed by atoms with Gasteiger partial charge in [-0.3, -0.25) is 9.59 Å². The van der Waals surface area contributed by atoms with Crippen LogP contribution in [0.4, 0.5) is 0 Å². The lowest BCUT2D eigenvalue weighted by Gasteiger charge is -2.26. The molecular weight excluding hydrogens is 320 g/mol. The summed E-state index contributed by atoms with van der Waals surface area (Å²) in [4.78, 5) is 23.4. The summed E-state index contributed by atoms with van der Waals surface area (Å²) in [5, 5.41) is 15.4. The van der Waals surface area contributed by atoms with Crippen molar-refractivity contribution in [3.63, 3.8) is 0 Å². The van der Waals surface area contributed by atoms with Crippen molar-refractivity contribution in [2.24, 2.45) is 0 Å². The smallest absolute Gasteiger partial charge is 0.258 e. The molecule has 6 nitrogen and oxygen atoms in total.